The fourth-order valence-corrected chi connectivity index (χ4v) is 3.66. The van der Waals surface area contributed by atoms with E-state index < -0.39 is 0 Å². The molecule has 124 valence electrons. The lowest BCUT2D eigenvalue weighted by Gasteiger charge is -2.24. The highest BCUT2D eigenvalue weighted by molar-refractivity contribution is 8.00. The number of aromatic nitrogens is 2. The first-order chi connectivity index (χ1) is 11.1. The van der Waals surface area contributed by atoms with Crippen LogP contribution in [0.2, 0.25) is 0 Å². The maximum atomic E-state index is 12.4. The average molecular weight is 335 g/mol. The van der Waals surface area contributed by atoms with Crippen molar-refractivity contribution in [2.45, 2.75) is 13.3 Å². The summed E-state index contributed by atoms with van der Waals surface area (Å²) >= 11 is 1.56. The zero-order valence-electron chi connectivity index (χ0n) is 13.3. The highest BCUT2D eigenvalue weighted by Crippen LogP contribution is 2.16. The monoisotopic (exact) mass is 335 g/mol. The van der Waals surface area contributed by atoms with Gasteiger partial charge < -0.3 is 14.7 Å². The first-order valence-electron chi connectivity index (χ1n) is 7.82. The molecule has 3 heterocycles. The van der Waals surface area contributed by atoms with Crippen molar-refractivity contribution < 1.29 is 9.59 Å². The van der Waals surface area contributed by atoms with E-state index in [9.17, 15) is 9.59 Å². The van der Waals surface area contributed by atoms with E-state index >= 15 is 0 Å². The molecule has 0 spiro atoms. The Hall–Kier alpha value is -1.83. The van der Waals surface area contributed by atoms with E-state index in [0.29, 0.717) is 18.2 Å². The van der Waals surface area contributed by atoms with Crippen molar-refractivity contribution >= 4 is 29.4 Å². The van der Waals surface area contributed by atoms with Gasteiger partial charge in [-0.1, -0.05) is 0 Å². The summed E-state index contributed by atoms with van der Waals surface area (Å²) in [5.41, 5.74) is 0.897. The van der Waals surface area contributed by atoms with Gasteiger partial charge in [0.05, 0.1) is 17.3 Å². The van der Waals surface area contributed by atoms with Gasteiger partial charge in [-0.25, -0.2) is 0 Å². The highest BCUT2D eigenvalue weighted by atomic mass is 32.2. The van der Waals surface area contributed by atoms with E-state index in [1.165, 1.54) is 0 Å². The summed E-state index contributed by atoms with van der Waals surface area (Å²) < 4.78 is 0. The van der Waals surface area contributed by atoms with Gasteiger partial charge in [0.1, 0.15) is 6.54 Å². The van der Waals surface area contributed by atoms with E-state index in [0.717, 1.165) is 37.6 Å². The lowest BCUT2D eigenvalue weighted by atomic mass is 10.3. The Bertz CT molecular complexity index is 580. The molecular weight excluding hydrogens is 314 g/mol. The highest BCUT2D eigenvalue weighted by Gasteiger charge is 2.26. The maximum Gasteiger partial charge on any atom is 0.242 e. The van der Waals surface area contributed by atoms with Gasteiger partial charge in [0.15, 0.2) is 5.82 Å². The van der Waals surface area contributed by atoms with Crippen molar-refractivity contribution in [2.24, 2.45) is 0 Å². The summed E-state index contributed by atoms with van der Waals surface area (Å²) in [7, 11) is 0. The van der Waals surface area contributed by atoms with Crippen LogP contribution >= 0.6 is 11.8 Å². The van der Waals surface area contributed by atoms with Crippen LogP contribution in [0.4, 0.5) is 5.82 Å². The number of thioether (sulfide) groups is 1. The van der Waals surface area contributed by atoms with Crippen LogP contribution in [-0.2, 0) is 9.59 Å². The Kier molecular flexibility index (Phi) is 5.00. The minimum absolute atomic E-state index is 0.0395. The molecule has 23 heavy (non-hydrogen) atoms. The first-order valence-corrected chi connectivity index (χ1v) is 8.97. The van der Waals surface area contributed by atoms with Gasteiger partial charge in [0, 0.05) is 26.2 Å². The minimum atomic E-state index is 0.0395. The Labute approximate surface area is 140 Å². The lowest BCUT2D eigenvalue weighted by Crippen LogP contribution is -2.42. The molecule has 2 aliphatic rings. The second-order valence-corrected chi connectivity index (χ2v) is 6.78. The molecule has 2 fully saturated rings. The molecule has 0 radical (unpaired) electrons. The molecule has 1 aromatic rings. The van der Waals surface area contributed by atoms with Gasteiger partial charge in [-0.3, -0.25) is 9.59 Å². The SMILES string of the molecule is Cc1ccc(N2CCCN(C(=O)CN3CSCC3=O)CC2)nn1. The van der Waals surface area contributed by atoms with Crippen molar-refractivity contribution in [2.75, 3.05) is 49.3 Å². The molecule has 0 aromatic carbocycles. The van der Waals surface area contributed by atoms with Crippen LogP contribution in [0.15, 0.2) is 12.1 Å². The summed E-state index contributed by atoms with van der Waals surface area (Å²) in [5, 5.41) is 8.32. The Morgan fingerprint density at radius 2 is 2.09 bits per heavy atom. The molecule has 0 aliphatic carbocycles. The number of anilines is 1. The Morgan fingerprint density at radius 1 is 1.22 bits per heavy atom. The Balaban J connectivity index is 1.56. The molecule has 0 bridgehead atoms. The van der Waals surface area contributed by atoms with Crippen LogP contribution in [0.25, 0.3) is 0 Å². The van der Waals surface area contributed by atoms with E-state index in [1.807, 2.05) is 24.0 Å². The van der Waals surface area contributed by atoms with Crippen LogP contribution in [-0.4, -0.2) is 76.2 Å². The second-order valence-electron chi connectivity index (χ2n) is 5.82. The van der Waals surface area contributed by atoms with E-state index in [2.05, 4.69) is 15.1 Å². The van der Waals surface area contributed by atoms with Crippen LogP contribution in [0.5, 0.6) is 0 Å². The molecule has 2 saturated heterocycles. The fraction of sp³-hybridized carbons (Fsp3) is 0.600. The average Bonchev–Trinajstić information content (AvgIpc) is 2.81. The lowest BCUT2D eigenvalue weighted by molar-refractivity contribution is -0.137. The molecule has 2 aliphatic heterocycles. The molecular formula is C15H21N5O2S. The summed E-state index contributed by atoms with van der Waals surface area (Å²) in [6, 6.07) is 3.92. The number of rotatable bonds is 3. The molecule has 0 unspecified atom stereocenters. The number of amides is 2. The Morgan fingerprint density at radius 3 is 2.78 bits per heavy atom. The van der Waals surface area contributed by atoms with Crippen molar-refractivity contribution in [3.63, 3.8) is 0 Å². The van der Waals surface area contributed by atoms with Gasteiger partial charge in [-0.15, -0.1) is 16.9 Å². The second kappa shape index (κ2) is 7.16. The van der Waals surface area contributed by atoms with Crippen LogP contribution < -0.4 is 4.90 Å². The molecule has 8 heteroatoms. The predicted molar refractivity (Wildman–Crippen MR) is 89.2 cm³/mol. The predicted octanol–water partition coefficient (Wildman–Crippen LogP) is 0.357. The van der Waals surface area contributed by atoms with E-state index in [-0.39, 0.29) is 18.4 Å². The van der Waals surface area contributed by atoms with E-state index in [4.69, 9.17) is 0 Å². The molecule has 0 N–H and O–H groups in total. The summed E-state index contributed by atoms with van der Waals surface area (Å²) in [6.07, 6.45) is 0.893. The van der Waals surface area contributed by atoms with Gasteiger partial charge in [0.2, 0.25) is 11.8 Å². The largest absolute Gasteiger partial charge is 0.353 e. The molecule has 2 amide bonds. The van der Waals surface area contributed by atoms with Crippen LogP contribution in [0.1, 0.15) is 12.1 Å². The summed E-state index contributed by atoms with van der Waals surface area (Å²) in [5.74, 6) is 2.08. The molecule has 0 saturated carbocycles. The van der Waals surface area contributed by atoms with Crippen LogP contribution in [0.3, 0.4) is 0 Å². The topological polar surface area (TPSA) is 69.6 Å². The molecule has 3 rings (SSSR count). The quantitative estimate of drug-likeness (QED) is 0.794. The van der Waals surface area contributed by atoms with Crippen molar-refractivity contribution in [1.82, 2.24) is 20.0 Å². The normalized spacial score (nSPS) is 19.2. The van der Waals surface area contributed by atoms with Crippen molar-refractivity contribution in [3.05, 3.63) is 17.8 Å². The van der Waals surface area contributed by atoms with Gasteiger partial charge in [-0.05, 0) is 25.5 Å². The van der Waals surface area contributed by atoms with Crippen molar-refractivity contribution in [3.8, 4) is 0 Å². The number of hydrogen-bond acceptors (Lipinski definition) is 6. The number of carbonyl (C=O) groups is 2. The third-order valence-corrected chi connectivity index (χ3v) is 5.05. The third-order valence-electron chi connectivity index (χ3n) is 4.11. The summed E-state index contributed by atoms with van der Waals surface area (Å²) in [6.45, 7) is 5.10. The number of carbonyl (C=O) groups excluding carboxylic acids is 2. The zero-order valence-corrected chi connectivity index (χ0v) is 14.1. The van der Waals surface area contributed by atoms with Gasteiger partial charge in [-0.2, -0.15) is 5.10 Å². The number of aryl methyl sites for hydroxylation is 1. The maximum absolute atomic E-state index is 12.4. The molecule has 0 atom stereocenters. The standard InChI is InChI=1S/C15H21N5O2S/c1-12-3-4-13(17-16-12)18-5-2-6-19(8-7-18)14(21)9-20-11-23-10-15(20)22/h3-4H,2,5-11H2,1H3. The molecule has 7 nitrogen and oxygen atoms in total. The van der Waals surface area contributed by atoms with Crippen molar-refractivity contribution in [1.29, 1.82) is 0 Å². The van der Waals surface area contributed by atoms with Crippen LogP contribution in [0, 0.1) is 6.92 Å². The fourth-order valence-electron chi connectivity index (χ4n) is 2.76. The first kappa shape index (κ1) is 16.0. The summed E-state index contributed by atoms with van der Waals surface area (Å²) in [4.78, 5) is 29.7. The smallest absolute Gasteiger partial charge is 0.242 e. The number of nitrogens with zero attached hydrogens (tertiary/aromatic N) is 5. The number of hydrogen-bond donors (Lipinski definition) is 0. The van der Waals surface area contributed by atoms with Gasteiger partial charge >= 0.3 is 0 Å². The van der Waals surface area contributed by atoms with Gasteiger partial charge in [0.25, 0.3) is 0 Å². The van der Waals surface area contributed by atoms with E-state index in [1.54, 1.807) is 16.7 Å². The molecule has 1 aromatic heterocycles. The minimum Gasteiger partial charge on any atom is -0.353 e. The zero-order chi connectivity index (χ0) is 16.2. The third kappa shape index (κ3) is 3.93.